The molecular weight excluding hydrogens is 268 g/mol. The molecule has 0 radical (unpaired) electrons. The van der Waals surface area contributed by atoms with Crippen LogP contribution in [-0.2, 0) is 0 Å². The summed E-state index contributed by atoms with van der Waals surface area (Å²) in [5.74, 6) is 1.27. The largest absolute Gasteiger partial charge is 0.497 e. The van der Waals surface area contributed by atoms with Gasteiger partial charge in [-0.3, -0.25) is 9.20 Å². The Labute approximate surface area is 121 Å². The normalized spacial score (nSPS) is 10.6. The van der Waals surface area contributed by atoms with E-state index in [1.54, 1.807) is 37.6 Å². The number of amides is 1. The number of pyridine rings is 1. The van der Waals surface area contributed by atoms with E-state index in [2.05, 4.69) is 15.5 Å². The highest BCUT2D eigenvalue weighted by molar-refractivity contribution is 6.04. The van der Waals surface area contributed by atoms with E-state index in [0.717, 1.165) is 5.82 Å². The molecule has 0 bridgehead atoms. The lowest BCUT2D eigenvalue weighted by Crippen LogP contribution is -2.12. The molecule has 0 atom stereocenters. The molecule has 21 heavy (non-hydrogen) atoms. The van der Waals surface area contributed by atoms with E-state index in [9.17, 15) is 4.79 Å². The molecular formula is C15H14N4O2. The molecule has 6 nitrogen and oxygen atoms in total. The van der Waals surface area contributed by atoms with Crippen LogP contribution in [0.4, 0.5) is 5.69 Å². The summed E-state index contributed by atoms with van der Waals surface area (Å²) in [6.45, 7) is 1.86. The third-order valence-electron chi connectivity index (χ3n) is 3.17. The second kappa shape index (κ2) is 5.24. The molecule has 1 aromatic carbocycles. The number of nitrogens with one attached hydrogen (secondary N) is 1. The van der Waals surface area contributed by atoms with E-state index < -0.39 is 0 Å². The Bertz CT molecular complexity index is 810. The lowest BCUT2D eigenvalue weighted by atomic mass is 10.2. The van der Waals surface area contributed by atoms with Gasteiger partial charge < -0.3 is 10.1 Å². The van der Waals surface area contributed by atoms with E-state index >= 15 is 0 Å². The summed E-state index contributed by atoms with van der Waals surface area (Å²) < 4.78 is 6.95. The second-order valence-corrected chi connectivity index (χ2v) is 4.58. The molecule has 106 valence electrons. The summed E-state index contributed by atoms with van der Waals surface area (Å²) >= 11 is 0. The van der Waals surface area contributed by atoms with Gasteiger partial charge in [-0.05, 0) is 31.2 Å². The molecule has 2 heterocycles. The van der Waals surface area contributed by atoms with Gasteiger partial charge in [0.2, 0.25) is 0 Å². The van der Waals surface area contributed by atoms with Crippen LogP contribution in [0.25, 0.3) is 5.65 Å². The van der Waals surface area contributed by atoms with Crippen LogP contribution >= 0.6 is 0 Å². The highest BCUT2D eigenvalue weighted by Gasteiger charge is 2.09. The van der Waals surface area contributed by atoms with E-state index in [0.29, 0.717) is 22.6 Å². The maximum absolute atomic E-state index is 12.3. The smallest absolute Gasteiger partial charge is 0.255 e. The zero-order chi connectivity index (χ0) is 14.8. The number of hydrogen-bond acceptors (Lipinski definition) is 4. The Kier molecular flexibility index (Phi) is 3.27. The van der Waals surface area contributed by atoms with Gasteiger partial charge in [-0.1, -0.05) is 6.07 Å². The Morgan fingerprint density at radius 2 is 2.10 bits per heavy atom. The molecule has 0 aliphatic carbocycles. The molecule has 0 unspecified atom stereocenters. The third-order valence-corrected chi connectivity index (χ3v) is 3.17. The second-order valence-electron chi connectivity index (χ2n) is 4.58. The number of fused-ring (bicyclic) bond motifs is 1. The molecule has 2 aromatic heterocycles. The fourth-order valence-corrected chi connectivity index (χ4v) is 2.06. The van der Waals surface area contributed by atoms with Crippen LogP contribution in [0.15, 0.2) is 42.6 Å². The van der Waals surface area contributed by atoms with Crippen molar-refractivity contribution in [3.8, 4) is 5.75 Å². The highest BCUT2D eigenvalue weighted by atomic mass is 16.5. The minimum atomic E-state index is -0.202. The summed E-state index contributed by atoms with van der Waals surface area (Å²) in [6.07, 6.45) is 1.78. The Morgan fingerprint density at radius 1 is 1.24 bits per heavy atom. The first-order valence-electron chi connectivity index (χ1n) is 6.44. The van der Waals surface area contributed by atoms with Crippen LogP contribution in [0.5, 0.6) is 5.75 Å². The van der Waals surface area contributed by atoms with Gasteiger partial charge in [0.05, 0.1) is 7.11 Å². The molecule has 0 aliphatic rings. The van der Waals surface area contributed by atoms with Gasteiger partial charge in [0.25, 0.3) is 5.91 Å². The van der Waals surface area contributed by atoms with Crippen LogP contribution in [0.1, 0.15) is 16.2 Å². The monoisotopic (exact) mass is 282 g/mol. The number of aryl methyl sites for hydroxylation is 1. The van der Waals surface area contributed by atoms with Crippen molar-refractivity contribution < 1.29 is 9.53 Å². The van der Waals surface area contributed by atoms with Gasteiger partial charge in [-0.2, -0.15) is 0 Å². The van der Waals surface area contributed by atoms with Crippen molar-refractivity contribution in [3.63, 3.8) is 0 Å². The van der Waals surface area contributed by atoms with E-state index in [1.165, 1.54) is 0 Å². The fraction of sp³-hybridized carbons (Fsp3) is 0.133. The number of anilines is 1. The van der Waals surface area contributed by atoms with Crippen molar-refractivity contribution in [2.45, 2.75) is 6.92 Å². The topological polar surface area (TPSA) is 68.5 Å². The summed E-state index contributed by atoms with van der Waals surface area (Å²) in [5.41, 5.74) is 1.85. The zero-order valence-electron chi connectivity index (χ0n) is 11.7. The molecule has 3 rings (SSSR count). The van der Waals surface area contributed by atoms with Crippen molar-refractivity contribution in [2.75, 3.05) is 12.4 Å². The maximum atomic E-state index is 12.3. The van der Waals surface area contributed by atoms with Crippen molar-refractivity contribution in [2.24, 2.45) is 0 Å². The average Bonchev–Trinajstić information content (AvgIpc) is 2.88. The van der Waals surface area contributed by atoms with Crippen molar-refractivity contribution in [3.05, 3.63) is 54.0 Å². The van der Waals surface area contributed by atoms with Gasteiger partial charge in [-0.15, -0.1) is 10.2 Å². The Morgan fingerprint density at radius 3 is 2.90 bits per heavy atom. The number of aromatic nitrogens is 3. The molecule has 0 spiro atoms. The van der Waals surface area contributed by atoms with Crippen LogP contribution in [0, 0.1) is 6.92 Å². The number of methoxy groups -OCH3 is 1. The number of benzene rings is 1. The van der Waals surface area contributed by atoms with Crippen LogP contribution in [0.3, 0.4) is 0 Å². The summed E-state index contributed by atoms with van der Waals surface area (Å²) in [4.78, 5) is 12.3. The number of ether oxygens (including phenoxy) is 1. The number of rotatable bonds is 3. The molecule has 0 aliphatic heterocycles. The first-order chi connectivity index (χ1) is 10.2. The number of nitrogens with zero attached hydrogens (tertiary/aromatic N) is 3. The van der Waals surface area contributed by atoms with Crippen molar-refractivity contribution in [1.29, 1.82) is 0 Å². The number of hydrogen-bond donors (Lipinski definition) is 1. The highest BCUT2D eigenvalue weighted by Crippen LogP contribution is 2.17. The molecule has 1 N–H and O–H groups in total. The predicted molar refractivity (Wildman–Crippen MR) is 78.7 cm³/mol. The van der Waals surface area contributed by atoms with E-state index in [-0.39, 0.29) is 5.91 Å². The Balaban J connectivity index is 1.86. The number of carbonyl (C=O) groups excluding carboxylic acids is 1. The van der Waals surface area contributed by atoms with E-state index in [1.807, 2.05) is 23.5 Å². The average molecular weight is 282 g/mol. The quantitative estimate of drug-likeness (QED) is 0.800. The van der Waals surface area contributed by atoms with Gasteiger partial charge >= 0.3 is 0 Å². The fourth-order valence-electron chi connectivity index (χ4n) is 2.06. The SMILES string of the molecule is COc1cccc(NC(=O)c2ccn3c(C)nnc3c2)c1. The molecule has 0 saturated heterocycles. The first-order valence-corrected chi connectivity index (χ1v) is 6.44. The third kappa shape index (κ3) is 2.55. The lowest BCUT2D eigenvalue weighted by molar-refractivity contribution is 0.102. The molecule has 0 fully saturated rings. The summed E-state index contributed by atoms with van der Waals surface area (Å²) in [6, 6.07) is 10.6. The Hall–Kier alpha value is -2.89. The lowest BCUT2D eigenvalue weighted by Gasteiger charge is -2.07. The molecule has 0 saturated carbocycles. The molecule has 3 aromatic rings. The van der Waals surface area contributed by atoms with Crippen LogP contribution < -0.4 is 10.1 Å². The summed E-state index contributed by atoms with van der Waals surface area (Å²) in [7, 11) is 1.59. The van der Waals surface area contributed by atoms with Crippen molar-refractivity contribution in [1.82, 2.24) is 14.6 Å². The van der Waals surface area contributed by atoms with Gasteiger partial charge in [0, 0.05) is 23.5 Å². The van der Waals surface area contributed by atoms with Crippen LogP contribution in [-0.4, -0.2) is 27.6 Å². The van der Waals surface area contributed by atoms with Gasteiger partial charge in [-0.25, -0.2) is 0 Å². The van der Waals surface area contributed by atoms with Gasteiger partial charge in [0.1, 0.15) is 11.6 Å². The minimum Gasteiger partial charge on any atom is -0.497 e. The summed E-state index contributed by atoms with van der Waals surface area (Å²) in [5, 5.41) is 10.8. The van der Waals surface area contributed by atoms with E-state index in [4.69, 9.17) is 4.74 Å². The first kappa shape index (κ1) is 13.1. The molecule has 1 amide bonds. The standard InChI is InChI=1S/C15H14N4O2/c1-10-17-18-14-8-11(6-7-19(10)14)15(20)16-12-4-3-5-13(9-12)21-2/h3-9H,1-2H3,(H,16,20). The van der Waals surface area contributed by atoms with Crippen molar-refractivity contribution >= 4 is 17.2 Å². The van der Waals surface area contributed by atoms with Gasteiger partial charge in [0.15, 0.2) is 5.65 Å². The molecule has 6 heteroatoms. The number of carbonyl (C=O) groups is 1. The predicted octanol–water partition coefficient (Wildman–Crippen LogP) is 2.30. The maximum Gasteiger partial charge on any atom is 0.255 e. The zero-order valence-corrected chi connectivity index (χ0v) is 11.7. The van der Waals surface area contributed by atoms with Crippen LogP contribution in [0.2, 0.25) is 0 Å². The minimum absolute atomic E-state index is 0.202.